The van der Waals surface area contributed by atoms with Gasteiger partial charge in [0.15, 0.2) is 0 Å². The van der Waals surface area contributed by atoms with Crippen molar-refractivity contribution < 1.29 is 0 Å². The first-order valence-corrected chi connectivity index (χ1v) is 7.80. The Morgan fingerprint density at radius 1 is 1.28 bits per heavy atom. The summed E-state index contributed by atoms with van der Waals surface area (Å²) in [7, 11) is 2.17. The maximum Gasteiger partial charge on any atom is 0.0931 e. The van der Waals surface area contributed by atoms with Gasteiger partial charge in [-0.05, 0) is 44.1 Å². The van der Waals surface area contributed by atoms with Gasteiger partial charge in [-0.2, -0.15) is 0 Å². The third kappa shape index (κ3) is 6.74. The minimum absolute atomic E-state index is 0.671. The van der Waals surface area contributed by atoms with Gasteiger partial charge >= 0.3 is 0 Å². The molecule has 0 amide bonds. The molecule has 1 unspecified atom stereocenters. The average molecular weight is 289 g/mol. The molecule has 2 nitrogen and oxygen atoms in total. The largest absolute Gasteiger partial charge is 0.316 e. The van der Waals surface area contributed by atoms with Gasteiger partial charge in [0.25, 0.3) is 0 Å². The molecule has 0 bridgehead atoms. The molecule has 0 saturated carbocycles. The number of halogens is 1. The van der Waals surface area contributed by atoms with Crippen LogP contribution in [0.5, 0.6) is 0 Å². The minimum Gasteiger partial charge on any atom is -0.316 e. The third-order valence-electron chi connectivity index (χ3n) is 2.72. The molecule has 1 aromatic rings. The lowest BCUT2D eigenvalue weighted by Crippen LogP contribution is -2.32. The van der Waals surface area contributed by atoms with Crippen LogP contribution >= 0.6 is 22.9 Å². The van der Waals surface area contributed by atoms with Gasteiger partial charge in [-0.25, -0.2) is 0 Å². The van der Waals surface area contributed by atoms with E-state index in [9.17, 15) is 0 Å². The van der Waals surface area contributed by atoms with Gasteiger partial charge < -0.3 is 10.2 Å². The van der Waals surface area contributed by atoms with E-state index in [1.807, 2.05) is 6.07 Å². The van der Waals surface area contributed by atoms with E-state index in [0.29, 0.717) is 5.92 Å². The van der Waals surface area contributed by atoms with Crippen molar-refractivity contribution in [2.45, 2.75) is 27.3 Å². The van der Waals surface area contributed by atoms with Gasteiger partial charge in [-0.3, -0.25) is 0 Å². The van der Waals surface area contributed by atoms with Gasteiger partial charge in [0.2, 0.25) is 0 Å². The van der Waals surface area contributed by atoms with E-state index >= 15 is 0 Å². The molecule has 0 spiro atoms. The van der Waals surface area contributed by atoms with Crippen LogP contribution in [-0.2, 0) is 6.54 Å². The average Bonchev–Trinajstić information content (AvgIpc) is 2.62. The molecule has 18 heavy (non-hydrogen) atoms. The molecule has 1 aromatic heterocycles. The van der Waals surface area contributed by atoms with Crippen molar-refractivity contribution in [1.82, 2.24) is 10.2 Å². The molecule has 4 heteroatoms. The molecule has 0 aliphatic rings. The second kappa shape index (κ2) is 8.16. The molecular weight excluding hydrogens is 264 g/mol. The van der Waals surface area contributed by atoms with Crippen LogP contribution in [0.3, 0.4) is 0 Å². The number of rotatable bonds is 8. The smallest absolute Gasteiger partial charge is 0.0931 e. The SMILES string of the molecule is CC(C)CNCC(C)CN(C)Cc1ccc(Cl)s1. The molecule has 1 atom stereocenters. The van der Waals surface area contributed by atoms with Crippen molar-refractivity contribution in [1.29, 1.82) is 0 Å². The van der Waals surface area contributed by atoms with Crippen molar-refractivity contribution in [3.63, 3.8) is 0 Å². The van der Waals surface area contributed by atoms with E-state index in [1.165, 1.54) is 4.88 Å². The molecule has 0 aliphatic carbocycles. The second-order valence-corrected chi connectivity index (χ2v) is 7.36. The summed E-state index contributed by atoms with van der Waals surface area (Å²) in [5.74, 6) is 1.40. The molecule has 0 fully saturated rings. The zero-order chi connectivity index (χ0) is 13.5. The Bertz CT molecular complexity index is 338. The Morgan fingerprint density at radius 3 is 2.56 bits per heavy atom. The molecule has 1 heterocycles. The number of hydrogen-bond donors (Lipinski definition) is 1. The van der Waals surface area contributed by atoms with Crippen LogP contribution in [0.4, 0.5) is 0 Å². The van der Waals surface area contributed by atoms with E-state index in [2.05, 4.69) is 44.1 Å². The van der Waals surface area contributed by atoms with Gasteiger partial charge in [0, 0.05) is 18.0 Å². The second-order valence-electron chi connectivity index (χ2n) is 5.56. The first-order chi connectivity index (χ1) is 8.47. The van der Waals surface area contributed by atoms with E-state index in [1.54, 1.807) is 11.3 Å². The highest BCUT2D eigenvalue weighted by Crippen LogP contribution is 2.22. The topological polar surface area (TPSA) is 15.3 Å². The highest BCUT2D eigenvalue weighted by atomic mass is 35.5. The first-order valence-electron chi connectivity index (χ1n) is 6.61. The Hall–Kier alpha value is -0.0900. The summed E-state index contributed by atoms with van der Waals surface area (Å²) in [6.07, 6.45) is 0. The van der Waals surface area contributed by atoms with Crippen molar-refractivity contribution in [2.24, 2.45) is 11.8 Å². The van der Waals surface area contributed by atoms with Gasteiger partial charge in [0.05, 0.1) is 4.34 Å². The van der Waals surface area contributed by atoms with Crippen molar-refractivity contribution in [3.05, 3.63) is 21.3 Å². The zero-order valence-electron chi connectivity index (χ0n) is 11.9. The lowest BCUT2D eigenvalue weighted by atomic mass is 10.1. The van der Waals surface area contributed by atoms with Crippen LogP contribution < -0.4 is 5.32 Å². The molecule has 104 valence electrons. The zero-order valence-corrected chi connectivity index (χ0v) is 13.4. The molecule has 0 aromatic carbocycles. The highest BCUT2D eigenvalue weighted by molar-refractivity contribution is 7.16. The number of hydrogen-bond acceptors (Lipinski definition) is 3. The number of nitrogens with zero attached hydrogens (tertiary/aromatic N) is 1. The fourth-order valence-electron chi connectivity index (χ4n) is 1.98. The molecule has 1 N–H and O–H groups in total. The summed E-state index contributed by atoms with van der Waals surface area (Å²) in [6.45, 7) is 11.1. The molecule has 0 aliphatic heterocycles. The Balaban J connectivity index is 2.20. The first kappa shape index (κ1) is 16.0. The standard InChI is InChI=1S/C14H25ClN2S/c1-11(2)7-16-8-12(3)9-17(4)10-13-5-6-14(15)18-13/h5-6,11-12,16H,7-10H2,1-4H3. The highest BCUT2D eigenvalue weighted by Gasteiger charge is 2.08. The summed E-state index contributed by atoms with van der Waals surface area (Å²) in [6, 6.07) is 4.09. The third-order valence-corrected chi connectivity index (χ3v) is 3.94. The number of nitrogens with one attached hydrogen (secondary N) is 1. The maximum atomic E-state index is 5.94. The summed E-state index contributed by atoms with van der Waals surface area (Å²) >= 11 is 7.61. The predicted molar refractivity (Wildman–Crippen MR) is 82.5 cm³/mol. The van der Waals surface area contributed by atoms with Crippen molar-refractivity contribution in [2.75, 3.05) is 26.7 Å². The quantitative estimate of drug-likeness (QED) is 0.784. The summed E-state index contributed by atoms with van der Waals surface area (Å²) < 4.78 is 0.880. The molecule has 0 saturated heterocycles. The van der Waals surface area contributed by atoms with Crippen LogP contribution in [-0.4, -0.2) is 31.6 Å². The van der Waals surface area contributed by atoms with E-state index in [4.69, 9.17) is 11.6 Å². The Kier molecular flexibility index (Phi) is 7.23. The lowest BCUT2D eigenvalue weighted by Gasteiger charge is -2.21. The number of thiophene rings is 1. The van der Waals surface area contributed by atoms with Crippen molar-refractivity contribution in [3.8, 4) is 0 Å². The fourth-order valence-corrected chi connectivity index (χ4v) is 3.15. The minimum atomic E-state index is 0.671. The van der Waals surface area contributed by atoms with E-state index < -0.39 is 0 Å². The maximum absolute atomic E-state index is 5.94. The van der Waals surface area contributed by atoms with Gasteiger partial charge in [-0.1, -0.05) is 32.4 Å². The van der Waals surface area contributed by atoms with Crippen molar-refractivity contribution >= 4 is 22.9 Å². The lowest BCUT2D eigenvalue weighted by molar-refractivity contribution is 0.274. The van der Waals surface area contributed by atoms with Gasteiger partial charge in [0.1, 0.15) is 0 Å². The van der Waals surface area contributed by atoms with Crippen LogP contribution in [0, 0.1) is 11.8 Å². The Morgan fingerprint density at radius 2 is 2.00 bits per heavy atom. The Labute approximate surface area is 120 Å². The molecular formula is C14H25ClN2S. The van der Waals surface area contributed by atoms with Crippen LogP contribution in [0.1, 0.15) is 25.6 Å². The summed E-state index contributed by atoms with van der Waals surface area (Å²) in [5.41, 5.74) is 0. The normalized spacial score (nSPS) is 13.5. The van der Waals surface area contributed by atoms with Crippen LogP contribution in [0.25, 0.3) is 0 Å². The van der Waals surface area contributed by atoms with E-state index in [-0.39, 0.29) is 0 Å². The van der Waals surface area contributed by atoms with Gasteiger partial charge in [-0.15, -0.1) is 11.3 Å². The fraction of sp³-hybridized carbons (Fsp3) is 0.714. The summed E-state index contributed by atoms with van der Waals surface area (Å²) in [4.78, 5) is 3.70. The van der Waals surface area contributed by atoms with Crippen LogP contribution in [0.15, 0.2) is 12.1 Å². The van der Waals surface area contributed by atoms with Crippen LogP contribution in [0.2, 0.25) is 4.34 Å². The molecule has 0 radical (unpaired) electrons. The monoisotopic (exact) mass is 288 g/mol. The van der Waals surface area contributed by atoms with E-state index in [0.717, 1.165) is 36.4 Å². The summed E-state index contributed by atoms with van der Waals surface area (Å²) in [5, 5.41) is 3.51. The predicted octanol–water partition coefficient (Wildman–Crippen LogP) is 3.72. The molecule has 1 rings (SSSR count).